The summed E-state index contributed by atoms with van der Waals surface area (Å²) >= 11 is 0. The molecule has 128 valence electrons. The van der Waals surface area contributed by atoms with Gasteiger partial charge in [0.05, 0.1) is 13.2 Å². The van der Waals surface area contributed by atoms with E-state index in [1.165, 1.54) is 8.61 Å². The van der Waals surface area contributed by atoms with E-state index in [0.29, 0.717) is 65.3 Å². The van der Waals surface area contributed by atoms with Crippen LogP contribution in [0.3, 0.4) is 0 Å². The van der Waals surface area contributed by atoms with Gasteiger partial charge in [0.25, 0.3) is 10.2 Å². The van der Waals surface area contributed by atoms with Crippen LogP contribution in [0, 0.1) is 0 Å². The van der Waals surface area contributed by atoms with Crippen LogP contribution >= 0.6 is 0 Å². The van der Waals surface area contributed by atoms with E-state index in [1.807, 2.05) is 6.92 Å². The first-order valence-electron chi connectivity index (χ1n) is 7.77. The fraction of sp³-hybridized carbons (Fsp3) is 0.923. The summed E-state index contributed by atoms with van der Waals surface area (Å²) in [5.74, 6) is 0.0562. The fourth-order valence-electron chi connectivity index (χ4n) is 2.62. The zero-order chi connectivity index (χ0) is 16.2. The third-order valence-electron chi connectivity index (χ3n) is 4.03. The van der Waals surface area contributed by atoms with E-state index in [1.54, 1.807) is 4.90 Å². The van der Waals surface area contributed by atoms with Gasteiger partial charge in [-0.15, -0.1) is 0 Å². The highest BCUT2D eigenvalue weighted by molar-refractivity contribution is 7.86. The normalized spacial score (nSPS) is 23.5. The first kappa shape index (κ1) is 17.6. The number of hydrogen-bond acceptors (Lipinski definition) is 5. The molecule has 9 heteroatoms. The number of rotatable bonds is 5. The van der Waals surface area contributed by atoms with Gasteiger partial charge in [0.2, 0.25) is 5.91 Å². The Balaban J connectivity index is 1.84. The van der Waals surface area contributed by atoms with Crippen molar-refractivity contribution in [3.63, 3.8) is 0 Å². The summed E-state index contributed by atoms with van der Waals surface area (Å²) in [5.41, 5.74) is 5.66. The number of nitrogens with zero attached hydrogens (tertiary/aromatic N) is 3. The Kier molecular flexibility index (Phi) is 6.16. The van der Waals surface area contributed by atoms with Crippen molar-refractivity contribution >= 4 is 16.1 Å². The molecule has 8 nitrogen and oxygen atoms in total. The molecule has 0 radical (unpaired) electrons. The number of hydrogen-bond donors (Lipinski definition) is 1. The van der Waals surface area contributed by atoms with Crippen molar-refractivity contribution in [2.45, 2.75) is 25.8 Å². The van der Waals surface area contributed by atoms with Gasteiger partial charge in [0.1, 0.15) is 0 Å². The van der Waals surface area contributed by atoms with Gasteiger partial charge in [-0.05, 0) is 13.3 Å². The number of ether oxygens (including phenoxy) is 1. The van der Waals surface area contributed by atoms with Crippen molar-refractivity contribution in [2.75, 3.05) is 52.5 Å². The van der Waals surface area contributed by atoms with Crippen molar-refractivity contribution in [3.05, 3.63) is 0 Å². The highest BCUT2D eigenvalue weighted by Crippen LogP contribution is 2.14. The molecular weight excluding hydrogens is 308 g/mol. The molecule has 2 fully saturated rings. The Hall–Kier alpha value is -0.740. The average Bonchev–Trinajstić information content (AvgIpc) is 2.53. The number of amides is 1. The van der Waals surface area contributed by atoms with E-state index >= 15 is 0 Å². The van der Waals surface area contributed by atoms with Crippen LogP contribution in [0.2, 0.25) is 0 Å². The van der Waals surface area contributed by atoms with Crippen LogP contribution in [-0.2, 0) is 19.7 Å². The molecule has 1 unspecified atom stereocenters. The molecule has 0 aromatic carbocycles. The van der Waals surface area contributed by atoms with Crippen LogP contribution < -0.4 is 5.73 Å². The van der Waals surface area contributed by atoms with Gasteiger partial charge in [-0.2, -0.15) is 17.0 Å². The molecular formula is C13H26N4O4S. The smallest absolute Gasteiger partial charge is 0.282 e. The molecule has 0 saturated carbocycles. The third-order valence-corrected chi connectivity index (χ3v) is 6.06. The predicted molar refractivity (Wildman–Crippen MR) is 82.3 cm³/mol. The van der Waals surface area contributed by atoms with Gasteiger partial charge in [0, 0.05) is 51.7 Å². The highest BCUT2D eigenvalue weighted by Gasteiger charge is 2.34. The van der Waals surface area contributed by atoms with E-state index in [9.17, 15) is 13.2 Å². The van der Waals surface area contributed by atoms with Gasteiger partial charge in [-0.3, -0.25) is 4.79 Å². The van der Waals surface area contributed by atoms with Gasteiger partial charge >= 0.3 is 0 Å². The summed E-state index contributed by atoms with van der Waals surface area (Å²) in [6.45, 7) is 5.14. The quantitative estimate of drug-likeness (QED) is 0.684. The second kappa shape index (κ2) is 7.69. The maximum absolute atomic E-state index is 12.5. The molecule has 0 spiro atoms. The summed E-state index contributed by atoms with van der Waals surface area (Å²) in [5, 5.41) is 0. The van der Waals surface area contributed by atoms with Gasteiger partial charge < -0.3 is 15.4 Å². The van der Waals surface area contributed by atoms with Crippen molar-refractivity contribution in [2.24, 2.45) is 5.73 Å². The van der Waals surface area contributed by atoms with E-state index in [0.717, 1.165) is 0 Å². The topological polar surface area (TPSA) is 96.2 Å². The summed E-state index contributed by atoms with van der Waals surface area (Å²) in [4.78, 5) is 13.8. The van der Waals surface area contributed by atoms with Crippen LogP contribution in [-0.4, -0.2) is 86.4 Å². The van der Waals surface area contributed by atoms with Crippen LogP contribution in [0.15, 0.2) is 0 Å². The van der Waals surface area contributed by atoms with Crippen molar-refractivity contribution in [3.8, 4) is 0 Å². The predicted octanol–water partition coefficient (Wildman–Crippen LogP) is -1.16. The Morgan fingerprint density at radius 3 is 2.18 bits per heavy atom. The number of carbonyl (C=O) groups excluding carboxylic acids is 1. The minimum absolute atomic E-state index is 0.00642. The second-order valence-electron chi connectivity index (χ2n) is 5.81. The fourth-order valence-corrected chi connectivity index (χ4v) is 4.18. The first-order chi connectivity index (χ1) is 10.4. The number of morpholine rings is 1. The Labute approximate surface area is 132 Å². The third kappa shape index (κ3) is 4.39. The standard InChI is InChI=1S/C13H26N4O4S/c1-12(14)2-3-13(18)15-4-6-16(7-5-15)22(19,20)17-8-10-21-11-9-17/h12H,2-11,14H2,1H3. The van der Waals surface area contributed by atoms with Crippen LogP contribution in [0.25, 0.3) is 0 Å². The molecule has 0 bridgehead atoms. The molecule has 2 heterocycles. The minimum atomic E-state index is -3.43. The zero-order valence-electron chi connectivity index (χ0n) is 13.1. The molecule has 2 N–H and O–H groups in total. The van der Waals surface area contributed by atoms with Gasteiger partial charge in [0.15, 0.2) is 0 Å². The number of carbonyl (C=O) groups is 1. The van der Waals surface area contributed by atoms with Gasteiger partial charge in [-0.25, -0.2) is 0 Å². The minimum Gasteiger partial charge on any atom is -0.379 e. The van der Waals surface area contributed by atoms with E-state index in [2.05, 4.69) is 0 Å². The molecule has 1 atom stereocenters. The van der Waals surface area contributed by atoms with E-state index < -0.39 is 10.2 Å². The molecule has 2 rings (SSSR count). The molecule has 2 aliphatic rings. The summed E-state index contributed by atoms with van der Waals surface area (Å²) in [6, 6.07) is 0.00642. The first-order valence-corrected chi connectivity index (χ1v) is 9.17. The maximum atomic E-state index is 12.5. The van der Waals surface area contributed by atoms with Crippen molar-refractivity contribution in [1.82, 2.24) is 13.5 Å². The van der Waals surface area contributed by atoms with Crippen LogP contribution in [0.5, 0.6) is 0 Å². The summed E-state index contributed by atoms with van der Waals surface area (Å²) in [6.07, 6.45) is 1.08. The molecule has 0 aromatic rings. The van der Waals surface area contributed by atoms with Crippen LogP contribution in [0.4, 0.5) is 0 Å². The maximum Gasteiger partial charge on any atom is 0.282 e. The molecule has 0 aromatic heterocycles. The zero-order valence-corrected chi connectivity index (χ0v) is 13.9. The highest BCUT2D eigenvalue weighted by atomic mass is 32.2. The lowest BCUT2D eigenvalue weighted by atomic mass is 10.2. The largest absolute Gasteiger partial charge is 0.379 e. The lowest BCUT2D eigenvalue weighted by Crippen LogP contribution is -2.55. The van der Waals surface area contributed by atoms with Gasteiger partial charge in [-0.1, -0.05) is 0 Å². The SMILES string of the molecule is CC(N)CCC(=O)N1CCN(S(=O)(=O)N2CCOCC2)CC1. The van der Waals surface area contributed by atoms with Crippen molar-refractivity contribution in [1.29, 1.82) is 0 Å². The second-order valence-corrected chi connectivity index (χ2v) is 7.74. The molecule has 1 amide bonds. The number of piperazine rings is 1. The molecule has 2 saturated heterocycles. The average molecular weight is 334 g/mol. The Morgan fingerprint density at radius 1 is 1.09 bits per heavy atom. The van der Waals surface area contributed by atoms with Crippen LogP contribution in [0.1, 0.15) is 19.8 Å². The Bertz CT molecular complexity index is 468. The number of nitrogens with two attached hydrogens (primary N) is 1. The monoisotopic (exact) mass is 334 g/mol. The van der Waals surface area contributed by atoms with E-state index in [-0.39, 0.29) is 11.9 Å². The Morgan fingerprint density at radius 2 is 1.64 bits per heavy atom. The summed E-state index contributed by atoms with van der Waals surface area (Å²) < 4.78 is 33.1. The lowest BCUT2D eigenvalue weighted by molar-refractivity contribution is -0.132. The summed E-state index contributed by atoms with van der Waals surface area (Å²) in [7, 11) is -3.43. The molecule has 22 heavy (non-hydrogen) atoms. The lowest BCUT2D eigenvalue weighted by Gasteiger charge is -2.37. The van der Waals surface area contributed by atoms with Crippen molar-refractivity contribution < 1.29 is 17.9 Å². The molecule has 0 aliphatic carbocycles. The molecule has 2 aliphatic heterocycles. The van der Waals surface area contributed by atoms with E-state index in [4.69, 9.17) is 10.5 Å².